The minimum atomic E-state index is 0.531. The monoisotopic (exact) mass is 384 g/mol. The first kappa shape index (κ1) is 23.2. The summed E-state index contributed by atoms with van der Waals surface area (Å²) in [4.78, 5) is 0. The zero-order valence-corrected chi connectivity index (χ0v) is 19.1. The van der Waals surface area contributed by atoms with E-state index in [9.17, 15) is 0 Å². The third-order valence-electron chi connectivity index (χ3n) is 6.63. The van der Waals surface area contributed by atoms with Gasteiger partial charge in [-0.1, -0.05) is 82.1 Å². The van der Waals surface area contributed by atoms with Gasteiger partial charge in [-0.15, -0.1) is 6.58 Å². The van der Waals surface area contributed by atoms with E-state index < -0.39 is 0 Å². The molecule has 0 N–H and O–H groups in total. The molecule has 1 saturated carbocycles. The Morgan fingerprint density at radius 2 is 1.92 bits per heavy atom. The maximum absolute atomic E-state index is 6.07. The highest BCUT2D eigenvalue weighted by Crippen LogP contribution is 2.63. The van der Waals surface area contributed by atoms with Gasteiger partial charge in [0.15, 0.2) is 0 Å². The van der Waals surface area contributed by atoms with E-state index in [-0.39, 0.29) is 0 Å². The van der Waals surface area contributed by atoms with Crippen LogP contribution in [0.4, 0.5) is 0 Å². The van der Waals surface area contributed by atoms with Gasteiger partial charge in [-0.2, -0.15) is 0 Å². The van der Waals surface area contributed by atoms with E-state index in [2.05, 4.69) is 60.3 Å². The normalized spacial score (nSPS) is 25.1. The smallest absolute Gasteiger partial charge is 0.0151 e. The summed E-state index contributed by atoms with van der Waals surface area (Å²) in [5.74, 6) is 4.87. The second-order valence-corrected chi connectivity index (χ2v) is 10.3. The van der Waals surface area contributed by atoms with Crippen LogP contribution in [-0.4, -0.2) is 5.75 Å². The number of unbranched alkanes of at least 4 members (excludes halogenated alkanes) is 2. The van der Waals surface area contributed by atoms with Crippen molar-refractivity contribution in [3.8, 4) is 0 Å². The fraction of sp³-hybridized carbons (Fsp3) is 0.826. The van der Waals surface area contributed by atoms with Gasteiger partial charge >= 0.3 is 0 Å². The van der Waals surface area contributed by atoms with Gasteiger partial charge < -0.3 is 0 Å². The van der Waals surface area contributed by atoms with Crippen molar-refractivity contribution in [3.63, 3.8) is 0 Å². The highest BCUT2D eigenvalue weighted by atomic mass is 35.7. The summed E-state index contributed by atoms with van der Waals surface area (Å²) >= 11 is 0. The number of rotatable bonds is 13. The third-order valence-corrected chi connectivity index (χ3v) is 7.52. The lowest BCUT2D eigenvalue weighted by Crippen LogP contribution is -2.21. The summed E-state index contributed by atoms with van der Waals surface area (Å²) in [6, 6.07) is 0. The van der Waals surface area contributed by atoms with Gasteiger partial charge in [-0.05, 0) is 72.4 Å². The van der Waals surface area contributed by atoms with Crippen molar-refractivity contribution in [1.82, 2.24) is 0 Å². The van der Waals surface area contributed by atoms with Crippen molar-refractivity contribution < 1.29 is 0 Å². The molecule has 0 heterocycles. The van der Waals surface area contributed by atoms with Gasteiger partial charge in [0.05, 0.1) is 0 Å². The van der Waals surface area contributed by atoms with Crippen LogP contribution in [0.5, 0.6) is 0 Å². The first-order valence-electron chi connectivity index (χ1n) is 10.3. The third kappa shape index (κ3) is 6.98. The maximum Gasteiger partial charge on any atom is 0.0151 e. The SMILES string of the molecule is C=CCC(CC(CCCCC)C1C(C)C1(C)C)C(C=C(C)C)CSCl. The standard InChI is InChI=1S/C23H41ClS/c1-8-10-11-13-20(22-18(5)23(22,6)7)15-19(12-9-2)21(16-25-24)14-17(3)4/h9,14,18-22H,2,8,10-13,15-16H2,1,3-7H3. The predicted molar refractivity (Wildman–Crippen MR) is 118 cm³/mol. The summed E-state index contributed by atoms with van der Waals surface area (Å²) in [5.41, 5.74) is 1.94. The van der Waals surface area contributed by atoms with Crippen LogP contribution in [0.1, 0.15) is 80.1 Å². The van der Waals surface area contributed by atoms with Crippen LogP contribution in [-0.2, 0) is 0 Å². The van der Waals surface area contributed by atoms with Gasteiger partial charge in [0.25, 0.3) is 0 Å². The Hall–Kier alpha value is 0.120. The van der Waals surface area contributed by atoms with Crippen molar-refractivity contribution in [2.24, 2.45) is 35.0 Å². The van der Waals surface area contributed by atoms with Crippen molar-refractivity contribution >= 4 is 21.7 Å². The van der Waals surface area contributed by atoms with Gasteiger partial charge in [0.1, 0.15) is 0 Å². The lowest BCUT2D eigenvalue weighted by Gasteiger charge is -2.29. The first-order valence-corrected chi connectivity index (χ1v) is 12.1. The average molecular weight is 385 g/mol. The summed E-state index contributed by atoms with van der Waals surface area (Å²) in [6.45, 7) is 18.2. The molecule has 0 bridgehead atoms. The minimum Gasteiger partial charge on any atom is -0.103 e. The van der Waals surface area contributed by atoms with E-state index in [1.807, 2.05) is 0 Å². The molecule has 0 spiro atoms. The molecule has 146 valence electrons. The molecule has 0 nitrogen and oxygen atoms in total. The molecule has 2 heteroatoms. The summed E-state index contributed by atoms with van der Waals surface area (Å²) < 4.78 is 0. The summed E-state index contributed by atoms with van der Waals surface area (Å²) in [5, 5.41) is 0. The number of hydrogen-bond acceptors (Lipinski definition) is 1. The molecule has 0 saturated heterocycles. The van der Waals surface area contributed by atoms with Crippen LogP contribution in [0.25, 0.3) is 0 Å². The van der Waals surface area contributed by atoms with Gasteiger partial charge in [0.2, 0.25) is 0 Å². The molecule has 0 aliphatic heterocycles. The molecule has 25 heavy (non-hydrogen) atoms. The molecule has 0 aromatic heterocycles. The fourth-order valence-corrected chi connectivity index (χ4v) is 5.88. The Bertz CT molecular complexity index is 422. The first-order chi connectivity index (χ1) is 11.8. The fourth-order valence-electron chi connectivity index (χ4n) is 4.93. The second-order valence-electron chi connectivity index (χ2n) is 9.10. The van der Waals surface area contributed by atoms with Crippen LogP contribution >= 0.6 is 21.7 Å². The lowest BCUT2D eigenvalue weighted by molar-refractivity contribution is 0.256. The topological polar surface area (TPSA) is 0 Å². The van der Waals surface area contributed by atoms with E-state index >= 15 is 0 Å². The molecular formula is C23H41ClS. The lowest BCUT2D eigenvalue weighted by atomic mass is 9.77. The second kappa shape index (κ2) is 11.1. The molecule has 1 rings (SSSR count). The average Bonchev–Trinajstić information content (AvgIpc) is 3.03. The molecule has 0 amide bonds. The van der Waals surface area contributed by atoms with Crippen molar-refractivity contribution in [2.45, 2.75) is 80.1 Å². The number of allylic oxidation sites excluding steroid dienone is 3. The van der Waals surface area contributed by atoms with Crippen LogP contribution in [0.3, 0.4) is 0 Å². The Morgan fingerprint density at radius 3 is 2.36 bits per heavy atom. The van der Waals surface area contributed by atoms with Gasteiger partial charge in [0, 0.05) is 5.75 Å². The molecule has 1 aliphatic carbocycles. The zero-order chi connectivity index (χ0) is 19.0. The van der Waals surface area contributed by atoms with E-state index in [1.165, 1.54) is 48.7 Å². The minimum absolute atomic E-state index is 0.531. The Kier molecular flexibility index (Phi) is 10.3. The van der Waals surface area contributed by atoms with E-state index in [0.717, 1.165) is 29.9 Å². The van der Waals surface area contributed by atoms with Crippen molar-refractivity contribution in [2.75, 3.05) is 5.75 Å². The highest BCUT2D eigenvalue weighted by Gasteiger charge is 2.57. The van der Waals surface area contributed by atoms with Gasteiger partial charge in [-0.3, -0.25) is 0 Å². The van der Waals surface area contributed by atoms with Crippen LogP contribution in [0, 0.1) is 35.0 Å². The van der Waals surface area contributed by atoms with E-state index in [1.54, 1.807) is 0 Å². The predicted octanol–water partition coefficient (Wildman–Crippen LogP) is 8.53. The van der Waals surface area contributed by atoms with Gasteiger partial charge in [-0.25, -0.2) is 0 Å². The molecular weight excluding hydrogens is 344 g/mol. The quantitative estimate of drug-likeness (QED) is 0.226. The Morgan fingerprint density at radius 1 is 1.28 bits per heavy atom. The summed E-state index contributed by atoms with van der Waals surface area (Å²) in [6.07, 6.45) is 12.5. The Balaban J connectivity index is 2.90. The van der Waals surface area contributed by atoms with Crippen LogP contribution in [0.2, 0.25) is 0 Å². The largest absolute Gasteiger partial charge is 0.103 e. The molecule has 0 aromatic rings. The molecule has 0 aromatic carbocycles. The molecule has 0 radical (unpaired) electrons. The van der Waals surface area contributed by atoms with E-state index in [4.69, 9.17) is 10.7 Å². The highest BCUT2D eigenvalue weighted by molar-refractivity contribution is 8.21. The zero-order valence-electron chi connectivity index (χ0n) is 17.5. The summed E-state index contributed by atoms with van der Waals surface area (Å²) in [7, 11) is 7.54. The van der Waals surface area contributed by atoms with Crippen molar-refractivity contribution in [3.05, 3.63) is 24.3 Å². The molecule has 5 atom stereocenters. The molecule has 1 fully saturated rings. The van der Waals surface area contributed by atoms with E-state index in [0.29, 0.717) is 17.3 Å². The maximum atomic E-state index is 6.07. The van der Waals surface area contributed by atoms with Crippen LogP contribution in [0.15, 0.2) is 24.3 Å². The number of halogens is 1. The van der Waals surface area contributed by atoms with Crippen LogP contribution < -0.4 is 0 Å². The molecule has 1 aliphatic rings. The number of hydrogen-bond donors (Lipinski definition) is 0. The Labute approximate surface area is 166 Å². The molecule has 5 unspecified atom stereocenters. The van der Waals surface area contributed by atoms with Crippen molar-refractivity contribution in [1.29, 1.82) is 0 Å².